The standard InChI is InChI=1S/C21H24ClN3O5S2/c1-12-2-4-14-16(10-12)31-21(18(14)19(23)26)24-20(27)13-3-5-15(22)17(11-13)32(28,29)25-6-8-30-9-7-25/h3,5,11-12H,2,4,6-10H2,1H3,(H2,23,26)(H,24,27)/t12-/m1/s1. The molecule has 0 radical (unpaired) electrons. The Morgan fingerprint density at radius 2 is 2.00 bits per heavy atom. The van der Waals surface area contributed by atoms with Gasteiger partial charge < -0.3 is 15.8 Å². The van der Waals surface area contributed by atoms with Crippen LogP contribution in [0.4, 0.5) is 5.00 Å². The van der Waals surface area contributed by atoms with E-state index in [2.05, 4.69) is 12.2 Å². The van der Waals surface area contributed by atoms with Gasteiger partial charge in [0, 0.05) is 23.5 Å². The van der Waals surface area contributed by atoms with Crippen molar-refractivity contribution in [2.45, 2.75) is 31.1 Å². The van der Waals surface area contributed by atoms with Crippen molar-refractivity contribution in [3.05, 3.63) is 44.8 Å². The minimum atomic E-state index is -3.88. The number of amides is 2. The average molecular weight is 498 g/mol. The van der Waals surface area contributed by atoms with Crippen molar-refractivity contribution in [2.24, 2.45) is 11.7 Å². The summed E-state index contributed by atoms with van der Waals surface area (Å²) in [5.41, 5.74) is 6.99. The van der Waals surface area contributed by atoms with Crippen LogP contribution in [0.1, 0.15) is 44.5 Å². The molecule has 4 rings (SSSR count). The summed E-state index contributed by atoms with van der Waals surface area (Å²) in [4.78, 5) is 26.0. The van der Waals surface area contributed by atoms with Crippen LogP contribution in [0.2, 0.25) is 5.02 Å². The van der Waals surface area contributed by atoms with E-state index in [0.717, 1.165) is 29.7 Å². The van der Waals surface area contributed by atoms with Gasteiger partial charge in [-0.2, -0.15) is 4.31 Å². The van der Waals surface area contributed by atoms with Gasteiger partial charge in [0.15, 0.2) is 0 Å². The summed E-state index contributed by atoms with van der Waals surface area (Å²) in [6.07, 6.45) is 2.53. The Balaban J connectivity index is 1.64. The molecule has 0 unspecified atom stereocenters. The Morgan fingerprint density at radius 3 is 2.69 bits per heavy atom. The Labute approximate surface area is 195 Å². The highest BCUT2D eigenvalue weighted by molar-refractivity contribution is 7.89. The zero-order chi connectivity index (χ0) is 23.0. The van der Waals surface area contributed by atoms with Crippen molar-refractivity contribution in [3.63, 3.8) is 0 Å². The fourth-order valence-electron chi connectivity index (χ4n) is 4.04. The number of hydrogen-bond acceptors (Lipinski definition) is 6. The zero-order valence-electron chi connectivity index (χ0n) is 17.5. The molecule has 1 atom stereocenters. The summed E-state index contributed by atoms with van der Waals surface area (Å²) in [7, 11) is -3.88. The molecule has 3 N–H and O–H groups in total. The molecule has 2 aliphatic rings. The van der Waals surface area contributed by atoms with Gasteiger partial charge in [-0.1, -0.05) is 18.5 Å². The molecule has 1 saturated heterocycles. The first-order chi connectivity index (χ1) is 15.2. The molecular formula is C21H24ClN3O5S2. The van der Waals surface area contributed by atoms with Crippen molar-refractivity contribution < 1.29 is 22.7 Å². The molecule has 2 aromatic rings. The van der Waals surface area contributed by atoms with Gasteiger partial charge in [0.2, 0.25) is 10.0 Å². The lowest BCUT2D eigenvalue weighted by Crippen LogP contribution is -2.40. The van der Waals surface area contributed by atoms with Crippen LogP contribution in [-0.4, -0.2) is 50.8 Å². The number of morpholine rings is 1. The lowest BCUT2D eigenvalue weighted by atomic mass is 9.88. The maximum atomic E-state index is 13.0. The van der Waals surface area contributed by atoms with E-state index in [4.69, 9.17) is 22.1 Å². The molecule has 11 heteroatoms. The van der Waals surface area contributed by atoms with E-state index >= 15 is 0 Å². The van der Waals surface area contributed by atoms with E-state index in [1.54, 1.807) is 0 Å². The predicted octanol–water partition coefficient (Wildman–Crippen LogP) is 2.90. The number of halogens is 1. The van der Waals surface area contributed by atoms with Crippen LogP contribution < -0.4 is 11.1 Å². The summed E-state index contributed by atoms with van der Waals surface area (Å²) in [5, 5.41) is 3.20. The normalized spacial score (nSPS) is 19.4. The summed E-state index contributed by atoms with van der Waals surface area (Å²) >= 11 is 7.54. The largest absolute Gasteiger partial charge is 0.379 e. The Hall–Kier alpha value is -1.98. The van der Waals surface area contributed by atoms with Gasteiger partial charge in [-0.3, -0.25) is 9.59 Å². The minimum Gasteiger partial charge on any atom is -0.379 e. The maximum Gasteiger partial charge on any atom is 0.256 e. The number of carbonyl (C=O) groups is 2. The second-order valence-corrected chi connectivity index (χ2v) is 11.5. The van der Waals surface area contributed by atoms with Gasteiger partial charge in [0.25, 0.3) is 11.8 Å². The monoisotopic (exact) mass is 497 g/mol. The van der Waals surface area contributed by atoms with Gasteiger partial charge in [0.05, 0.1) is 23.8 Å². The van der Waals surface area contributed by atoms with E-state index in [1.807, 2.05) is 0 Å². The second kappa shape index (κ2) is 9.11. The van der Waals surface area contributed by atoms with Crippen LogP contribution in [0, 0.1) is 5.92 Å². The van der Waals surface area contributed by atoms with Gasteiger partial charge in [-0.15, -0.1) is 11.3 Å². The average Bonchev–Trinajstić information content (AvgIpc) is 3.11. The van der Waals surface area contributed by atoms with Crippen LogP contribution in [0.25, 0.3) is 0 Å². The smallest absolute Gasteiger partial charge is 0.256 e. The number of hydrogen-bond donors (Lipinski definition) is 2. The fraction of sp³-hybridized carbons (Fsp3) is 0.429. The minimum absolute atomic E-state index is 0.0337. The molecule has 0 saturated carbocycles. The highest BCUT2D eigenvalue weighted by Gasteiger charge is 2.30. The number of benzene rings is 1. The number of fused-ring (bicyclic) bond motifs is 1. The Kier molecular flexibility index (Phi) is 6.60. The number of nitrogens with zero attached hydrogens (tertiary/aromatic N) is 1. The molecule has 1 aliphatic carbocycles. The van der Waals surface area contributed by atoms with E-state index in [9.17, 15) is 18.0 Å². The second-order valence-electron chi connectivity index (χ2n) is 8.04. The number of ether oxygens (including phenoxy) is 1. The number of nitrogens with two attached hydrogens (primary N) is 1. The predicted molar refractivity (Wildman–Crippen MR) is 123 cm³/mol. The van der Waals surface area contributed by atoms with Crippen LogP contribution in [0.15, 0.2) is 23.1 Å². The summed E-state index contributed by atoms with van der Waals surface area (Å²) in [5.74, 6) is -0.622. The van der Waals surface area contributed by atoms with Crippen molar-refractivity contribution in [1.29, 1.82) is 0 Å². The van der Waals surface area contributed by atoms with Gasteiger partial charge in [0.1, 0.15) is 9.90 Å². The number of sulfonamides is 1. The van der Waals surface area contributed by atoms with E-state index in [1.165, 1.54) is 33.8 Å². The molecule has 0 bridgehead atoms. The SMILES string of the molecule is C[C@@H]1CCc2c(sc(NC(=O)c3ccc(Cl)c(S(=O)(=O)N4CCOCC4)c3)c2C(N)=O)C1. The molecule has 32 heavy (non-hydrogen) atoms. The molecule has 2 heterocycles. The van der Waals surface area contributed by atoms with E-state index in [0.29, 0.717) is 29.7 Å². The lowest BCUT2D eigenvalue weighted by molar-refractivity contribution is 0.0730. The summed E-state index contributed by atoms with van der Waals surface area (Å²) in [6.45, 7) is 3.19. The van der Waals surface area contributed by atoms with Crippen LogP contribution >= 0.6 is 22.9 Å². The summed E-state index contributed by atoms with van der Waals surface area (Å²) < 4.78 is 32.6. The maximum absolute atomic E-state index is 13.0. The molecule has 1 aromatic heterocycles. The topological polar surface area (TPSA) is 119 Å². The van der Waals surface area contributed by atoms with E-state index in [-0.39, 0.29) is 28.6 Å². The molecule has 2 amide bonds. The first-order valence-corrected chi connectivity index (χ1v) is 12.9. The molecule has 1 fully saturated rings. The first kappa shape index (κ1) is 23.2. The van der Waals surface area contributed by atoms with Gasteiger partial charge >= 0.3 is 0 Å². The third kappa shape index (κ3) is 4.42. The van der Waals surface area contributed by atoms with Gasteiger partial charge in [-0.25, -0.2) is 8.42 Å². The van der Waals surface area contributed by atoms with Crippen molar-refractivity contribution in [1.82, 2.24) is 4.31 Å². The number of anilines is 1. The zero-order valence-corrected chi connectivity index (χ0v) is 19.9. The number of primary amides is 1. The molecule has 1 aromatic carbocycles. The van der Waals surface area contributed by atoms with Crippen molar-refractivity contribution >= 4 is 49.8 Å². The molecular weight excluding hydrogens is 474 g/mol. The highest BCUT2D eigenvalue weighted by atomic mass is 35.5. The molecule has 0 spiro atoms. The number of carbonyl (C=O) groups excluding carboxylic acids is 2. The van der Waals surface area contributed by atoms with Crippen molar-refractivity contribution in [3.8, 4) is 0 Å². The van der Waals surface area contributed by atoms with E-state index < -0.39 is 21.8 Å². The number of thiophene rings is 1. The Bertz CT molecular complexity index is 1170. The number of rotatable bonds is 5. The molecule has 1 aliphatic heterocycles. The van der Waals surface area contributed by atoms with Crippen LogP contribution in [0.3, 0.4) is 0 Å². The fourth-order valence-corrected chi connectivity index (χ4v) is 7.36. The van der Waals surface area contributed by atoms with Crippen LogP contribution in [-0.2, 0) is 27.6 Å². The number of nitrogens with one attached hydrogen (secondary N) is 1. The van der Waals surface area contributed by atoms with Crippen molar-refractivity contribution in [2.75, 3.05) is 31.6 Å². The summed E-state index contributed by atoms with van der Waals surface area (Å²) in [6, 6.07) is 4.11. The van der Waals surface area contributed by atoms with Crippen LogP contribution in [0.5, 0.6) is 0 Å². The third-order valence-electron chi connectivity index (χ3n) is 5.77. The Morgan fingerprint density at radius 1 is 1.28 bits per heavy atom. The molecule has 172 valence electrons. The van der Waals surface area contributed by atoms with Gasteiger partial charge in [-0.05, 0) is 48.9 Å². The highest BCUT2D eigenvalue weighted by Crippen LogP contribution is 2.39. The molecule has 8 nitrogen and oxygen atoms in total. The third-order valence-corrected chi connectivity index (χ3v) is 9.32. The first-order valence-electron chi connectivity index (χ1n) is 10.3. The lowest BCUT2D eigenvalue weighted by Gasteiger charge is -2.26. The quantitative estimate of drug-likeness (QED) is 0.658.